The number of ketones is 1. The van der Waals surface area contributed by atoms with E-state index >= 15 is 4.79 Å². The summed E-state index contributed by atoms with van der Waals surface area (Å²) in [7, 11) is 0. The largest absolute Gasteiger partial charge is 0.458 e. The number of hydrogen-bond donors (Lipinski definition) is 2. The Kier molecular flexibility index (Phi) is 8.81. The Balaban J connectivity index is 1.65. The summed E-state index contributed by atoms with van der Waals surface area (Å²) >= 11 is 0. The maximum absolute atomic E-state index is 15.4. The molecule has 6 rings (SSSR count). The third kappa shape index (κ3) is 5.27. The van der Waals surface area contributed by atoms with Crippen LogP contribution < -0.4 is 0 Å². The Hall–Kier alpha value is -4.39. The van der Waals surface area contributed by atoms with Gasteiger partial charge < -0.3 is 33.9 Å². The molecule has 2 saturated carbocycles. The van der Waals surface area contributed by atoms with Gasteiger partial charge in [0.1, 0.15) is 23.9 Å². The van der Waals surface area contributed by atoms with E-state index in [4.69, 9.17) is 23.7 Å². The molecule has 9 atom stereocenters. The first-order chi connectivity index (χ1) is 23.5. The maximum Gasteiger partial charge on any atom is 0.339 e. The average Bonchev–Trinajstić information content (AvgIpc) is 3.06. The monoisotopic (exact) mass is 690 g/mol. The second-order valence-corrected chi connectivity index (χ2v) is 14.5. The Labute approximate surface area is 289 Å². The van der Waals surface area contributed by atoms with E-state index in [0.29, 0.717) is 5.57 Å². The summed E-state index contributed by atoms with van der Waals surface area (Å²) in [6.07, 6.45) is -7.46. The molecule has 1 heterocycles. The Morgan fingerprint density at radius 3 is 1.90 bits per heavy atom. The summed E-state index contributed by atoms with van der Waals surface area (Å²) in [5.41, 5.74) is -6.59. The summed E-state index contributed by atoms with van der Waals surface area (Å²) in [4.78, 5) is 68.5. The second kappa shape index (κ2) is 12.4. The van der Waals surface area contributed by atoms with E-state index < -0.39 is 88.1 Å². The summed E-state index contributed by atoms with van der Waals surface area (Å²) in [5, 5.41) is 25.3. The van der Waals surface area contributed by atoms with Crippen molar-refractivity contribution in [2.24, 2.45) is 16.7 Å². The number of esters is 4. The van der Waals surface area contributed by atoms with E-state index in [1.165, 1.54) is 45.0 Å². The molecular formula is C38H42O12. The Bertz CT molecular complexity index is 1750. The van der Waals surface area contributed by atoms with Crippen molar-refractivity contribution >= 4 is 29.7 Å². The minimum atomic E-state index is -2.19. The molecule has 12 nitrogen and oxygen atoms in total. The van der Waals surface area contributed by atoms with Crippen molar-refractivity contribution < 1.29 is 57.9 Å². The van der Waals surface area contributed by atoms with Gasteiger partial charge >= 0.3 is 23.9 Å². The number of carbonyl (C=O) groups is 5. The lowest BCUT2D eigenvalue weighted by Crippen LogP contribution is -2.82. The highest BCUT2D eigenvalue weighted by molar-refractivity contribution is 5.98. The first kappa shape index (κ1) is 35.4. The first-order valence-electron chi connectivity index (χ1n) is 16.7. The molecule has 1 saturated heterocycles. The van der Waals surface area contributed by atoms with Crippen LogP contribution in [-0.4, -0.2) is 88.2 Å². The molecule has 0 amide bonds. The predicted molar refractivity (Wildman–Crippen MR) is 174 cm³/mol. The van der Waals surface area contributed by atoms with Gasteiger partial charge in [-0.25, -0.2) is 9.59 Å². The van der Waals surface area contributed by atoms with Crippen molar-refractivity contribution in [3.05, 3.63) is 82.9 Å². The quantitative estimate of drug-likeness (QED) is 0.257. The van der Waals surface area contributed by atoms with E-state index in [9.17, 15) is 29.4 Å². The second-order valence-electron chi connectivity index (χ2n) is 14.5. The lowest BCUT2D eigenvalue weighted by molar-refractivity contribution is -0.345. The van der Waals surface area contributed by atoms with Gasteiger partial charge in [-0.1, -0.05) is 50.2 Å². The topological polar surface area (TPSA) is 172 Å². The molecule has 4 aliphatic rings. The van der Waals surface area contributed by atoms with Gasteiger partial charge in [0, 0.05) is 32.1 Å². The summed E-state index contributed by atoms with van der Waals surface area (Å²) in [5.74, 6) is -5.33. The molecular weight excluding hydrogens is 648 g/mol. The molecule has 0 radical (unpaired) electrons. The van der Waals surface area contributed by atoms with Gasteiger partial charge in [-0.05, 0) is 49.3 Å². The first-order valence-corrected chi connectivity index (χ1v) is 16.7. The fraction of sp³-hybridized carbons (Fsp3) is 0.500. The van der Waals surface area contributed by atoms with Gasteiger partial charge in [0.15, 0.2) is 17.5 Å². The molecule has 2 aromatic carbocycles. The minimum Gasteiger partial charge on any atom is -0.458 e. The van der Waals surface area contributed by atoms with Crippen LogP contribution in [0, 0.1) is 16.7 Å². The third-order valence-corrected chi connectivity index (χ3v) is 11.4. The third-order valence-electron chi connectivity index (χ3n) is 11.4. The molecule has 50 heavy (non-hydrogen) atoms. The number of benzene rings is 2. The van der Waals surface area contributed by atoms with E-state index in [1.807, 2.05) is 0 Å². The van der Waals surface area contributed by atoms with Crippen molar-refractivity contribution in [3.8, 4) is 0 Å². The lowest BCUT2D eigenvalue weighted by Gasteiger charge is -2.67. The van der Waals surface area contributed by atoms with E-state index in [2.05, 4.69) is 0 Å². The fourth-order valence-electron chi connectivity index (χ4n) is 8.80. The number of hydrogen-bond acceptors (Lipinski definition) is 12. The van der Waals surface area contributed by atoms with E-state index in [1.54, 1.807) is 57.2 Å². The van der Waals surface area contributed by atoms with Crippen molar-refractivity contribution in [2.45, 2.75) is 96.1 Å². The lowest BCUT2D eigenvalue weighted by atomic mass is 9.44. The zero-order valence-corrected chi connectivity index (χ0v) is 28.8. The zero-order chi connectivity index (χ0) is 36.4. The molecule has 0 aromatic heterocycles. The molecule has 1 aliphatic heterocycles. The number of carbonyl (C=O) groups excluding carboxylic acids is 5. The van der Waals surface area contributed by atoms with Crippen LogP contribution in [0.3, 0.4) is 0 Å². The highest BCUT2D eigenvalue weighted by Gasteiger charge is 2.78. The standard InChI is InChI=1S/C38H42O12/c1-20-25(47-21(2)39)18-38(45)32(49-34(44)24-15-11-8-12-16-24)30-36(6,26(41)17-27-37(30,19-46-27)50-22(3)40)31(42)29(28(20)35(38,4)5)48-33(43)23-13-9-7-10-14-23/h7-16,25-27,29-30,32,41,45H,17-19H2,1-6H3/t25-,26-,27+,29+,30-,32-,36+,37-,38+/m0/s1. The van der Waals surface area contributed by atoms with Gasteiger partial charge in [0.2, 0.25) is 0 Å². The molecule has 2 N–H and O–H groups in total. The predicted octanol–water partition coefficient (Wildman–Crippen LogP) is 3.52. The van der Waals surface area contributed by atoms with Gasteiger partial charge in [-0.15, -0.1) is 0 Å². The molecule has 2 bridgehead atoms. The van der Waals surface area contributed by atoms with Crippen LogP contribution in [0.5, 0.6) is 0 Å². The van der Waals surface area contributed by atoms with Crippen molar-refractivity contribution in [1.82, 2.24) is 0 Å². The summed E-state index contributed by atoms with van der Waals surface area (Å²) < 4.78 is 30.0. The van der Waals surface area contributed by atoms with Crippen LogP contribution in [0.2, 0.25) is 0 Å². The number of rotatable bonds is 6. The smallest absolute Gasteiger partial charge is 0.339 e. The van der Waals surface area contributed by atoms with E-state index in [-0.39, 0.29) is 36.1 Å². The average molecular weight is 691 g/mol. The number of fused-ring (bicyclic) bond motifs is 5. The molecule has 3 fully saturated rings. The summed E-state index contributed by atoms with van der Waals surface area (Å²) in [6, 6.07) is 16.0. The van der Waals surface area contributed by atoms with Gasteiger partial charge in [0.25, 0.3) is 0 Å². The van der Waals surface area contributed by atoms with Crippen molar-refractivity contribution in [3.63, 3.8) is 0 Å². The summed E-state index contributed by atoms with van der Waals surface area (Å²) in [6.45, 7) is 8.48. The van der Waals surface area contributed by atoms with Crippen LogP contribution in [-0.2, 0) is 38.1 Å². The molecule has 2 aromatic rings. The molecule has 12 heteroatoms. The minimum absolute atomic E-state index is 0.132. The number of Topliss-reactive ketones (excluding diaryl/α,β-unsaturated/α-hetero) is 1. The van der Waals surface area contributed by atoms with Crippen LogP contribution in [0.25, 0.3) is 0 Å². The molecule has 0 unspecified atom stereocenters. The molecule has 0 spiro atoms. The highest BCUT2D eigenvalue weighted by atomic mass is 16.6. The molecule has 3 aliphatic carbocycles. The van der Waals surface area contributed by atoms with Gasteiger partial charge in [0.05, 0.1) is 35.2 Å². The van der Waals surface area contributed by atoms with Crippen LogP contribution in [0.15, 0.2) is 71.8 Å². The fourth-order valence-corrected chi connectivity index (χ4v) is 8.80. The van der Waals surface area contributed by atoms with Crippen LogP contribution in [0.1, 0.15) is 75.1 Å². The van der Waals surface area contributed by atoms with Crippen LogP contribution >= 0.6 is 0 Å². The van der Waals surface area contributed by atoms with Crippen molar-refractivity contribution in [2.75, 3.05) is 6.61 Å². The normalized spacial score (nSPS) is 35.6. The number of aliphatic hydroxyl groups excluding tert-OH is 1. The van der Waals surface area contributed by atoms with E-state index in [0.717, 1.165) is 0 Å². The van der Waals surface area contributed by atoms with Gasteiger partial charge in [-0.2, -0.15) is 0 Å². The maximum atomic E-state index is 15.4. The SMILES string of the molecule is CC(=O)O[C@H]1C[C@@]2(O)[C@@H](OC(=O)c3ccccc3)[C@@H]3[C@]4(OC(C)=O)CO[C@@H]4C[C@H](O)[C@@]3(C)C(=O)[C@H](OC(=O)c3ccccc3)C(=C1C)C2(C)C. The molecule has 266 valence electrons. The van der Waals surface area contributed by atoms with Crippen molar-refractivity contribution in [1.29, 1.82) is 0 Å². The Morgan fingerprint density at radius 2 is 1.40 bits per heavy atom. The highest BCUT2D eigenvalue weighted by Crippen LogP contribution is 2.64. The van der Waals surface area contributed by atoms with Gasteiger partial charge in [-0.3, -0.25) is 14.4 Å². The zero-order valence-electron chi connectivity index (χ0n) is 28.8. The Morgan fingerprint density at radius 1 is 0.840 bits per heavy atom. The number of aliphatic hydroxyl groups is 2. The van der Waals surface area contributed by atoms with Crippen LogP contribution in [0.4, 0.5) is 0 Å². The number of ether oxygens (including phenoxy) is 5.